The van der Waals surface area contributed by atoms with Crippen molar-refractivity contribution in [3.8, 4) is 0 Å². The van der Waals surface area contributed by atoms with Gasteiger partial charge in [0.1, 0.15) is 12.5 Å². The Balaban J connectivity index is 1.35. The van der Waals surface area contributed by atoms with Crippen molar-refractivity contribution in [2.24, 2.45) is 10.2 Å². The van der Waals surface area contributed by atoms with Crippen LogP contribution in [0.25, 0.3) is 20.9 Å². The maximum Gasteiger partial charge on any atom is 0.361 e. The van der Waals surface area contributed by atoms with Crippen molar-refractivity contribution in [3.63, 3.8) is 0 Å². The lowest BCUT2D eigenvalue weighted by Crippen LogP contribution is -2.33. The van der Waals surface area contributed by atoms with Crippen LogP contribution in [0.3, 0.4) is 0 Å². The molecule has 0 amide bonds. The second-order valence-corrected chi connectivity index (χ2v) is 12.7. The highest BCUT2D eigenvalue weighted by molar-refractivity contribution is 7.62. The number of ether oxygens (including phenoxy) is 2. The number of aryl methyl sites for hydroxylation is 2. The topological polar surface area (TPSA) is 261 Å². The third-order valence-corrected chi connectivity index (χ3v) is 9.52. The highest BCUT2D eigenvalue weighted by Gasteiger charge is 2.41. The number of nitrogens with one attached hydrogen (secondary N) is 2. The molecule has 46 heavy (non-hydrogen) atoms. The maximum absolute atomic E-state index is 14.3. The van der Waals surface area contributed by atoms with Gasteiger partial charge in [0.25, 0.3) is 11.1 Å². The Labute approximate surface area is 258 Å². The van der Waals surface area contributed by atoms with Crippen LogP contribution >= 0.6 is 7.60 Å². The first kappa shape index (κ1) is 32.7. The molecule has 20 heteroatoms. The Bertz CT molecular complexity index is 1860. The smallest absolute Gasteiger partial charge is 0.352 e. The van der Waals surface area contributed by atoms with E-state index >= 15 is 0 Å². The lowest BCUT2D eigenvalue weighted by atomic mass is 10.1. The van der Waals surface area contributed by atoms with Crippen LogP contribution in [0.5, 0.6) is 0 Å². The van der Waals surface area contributed by atoms with Crippen molar-refractivity contribution in [2.45, 2.75) is 63.4 Å². The summed E-state index contributed by atoms with van der Waals surface area (Å²) in [5.74, 6) is 0. The number of nitrogens with zero attached hydrogens (tertiary/aromatic N) is 8. The van der Waals surface area contributed by atoms with Gasteiger partial charge in [0.15, 0.2) is 0 Å². The highest BCUT2D eigenvalue weighted by Crippen LogP contribution is 2.49. The Kier molecular flexibility index (Phi) is 9.74. The molecule has 2 aliphatic rings. The number of rotatable bonds is 11. The van der Waals surface area contributed by atoms with E-state index in [4.69, 9.17) is 29.6 Å². The van der Waals surface area contributed by atoms with E-state index in [-0.39, 0.29) is 42.5 Å². The van der Waals surface area contributed by atoms with E-state index in [0.29, 0.717) is 0 Å². The van der Waals surface area contributed by atoms with Gasteiger partial charge in [-0.05, 0) is 37.0 Å². The van der Waals surface area contributed by atoms with Crippen LogP contribution < -0.4 is 27.8 Å². The van der Waals surface area contributed by atoms with Crippen molar-refractivity contribution >= 4 is 12.9 Å². The van der Waals surface area contributed by atoms with Crippen molar-refractivity contribution in [3.05, 3.63) is 116 Å². The van der Waals surface area contributed by atoms with Gasteiger partial charge in [-0.1, -0.05) is 28.4 Å². The summed E-state index contributed by atoms with van der Waals surface area (Å²) in [6, 6.07) is 6.35. The zero-order valence-electron chi connectivity index (χ0n) is 24.5. The summed E-state index contributed by atoms with van der Waals surface area (Å²) in [4.78, 5) is 58.7. The highest BCUT2D eigenvalue weighted by atomic mass is 31.2. The normalized spacial score (nSPS) is 25.3. The first-order chi connectivity index (χ1) is 22.0. The lowest BCUT2D eigenvalue weighted by molar-refractivity contribution is -0.0335. The van der Waals surface area contributed by atoms with Gasteiger partial charge in [0, 0.05) is 46.2 Å². The van der Waals surface area contributed by atoms with Crippen molar-refractivity contribution in [1.29, 1.82) is 0 Å². The Morgan fingerprint density at radius 3 is 1.67 bits per heavy atom. The van der Waals surface area contributed by atoms with Gasteiger partial charge in [-0.25, -0.2) is 9.59 Å². The monoisotopic (exact) mass is 656 g/mol. The van der Waals surface area contributed by atoms with Gasteiger partial charge in [-0.2, -0.15) is 0 Å². The van der Waals surface area contributed by atoms with Crippen molar-refractivity contribution in [1.82, 2.24) is 19.1 Å². The summed E-state index contributed by atoms with van der Waals surface area (Å²) in [7, 11) is -4.16. The van der Waals surface area contributed by atoms with Crippen LogP contribution in [0.4, 0.5) is 0 Å². The van der Waals surface area contributed by atoms with E-state index in [2.05, 4.69) is 30.0 Å². The SMILES string of the molecule is Cc1cn([C@@H]2C[C@@H](N=[N+]=[N-])[C@H](COP(=O)(OC[C@H]3O[C@@H](n4cc(C)c(=O)[nH]c4=O)C[C@@H]3N=[N+]=[N-])c3ccccc3)O2)c(=O)[nH]c1=O. The number of azide groups is 2. The molecular formula is C26H29N10O9P. The molecule has 0 spiro atoms. The van der Waals surface area contributed by atoms with Gasteiger partial charge >= 0.3 is 19.0 Å². The largest absolute Gasteiger partial charge is 0.361 e. The zero-order chi connectivity index (χ0) is 33.0. The molecule has 242 valence electrons. The summed E-state index contributed by atoms with van der Waals surface area (Å²) in [6.45, 7) is 2.27. The van der Waals surface area contributed by atoms with Gasteiger partial charge in [-0.3, -0.25) is 33.3 Å². The molecule has 3 aromatic rings. The van der Waals surface area contributed by atoms with Crippen LogP contribution in [0.2, 0.25) is 0 Å². The number of hydrogen-bond acceptors (Lipinski definition) is 11. The average molecular weight is 657 g/mol. The second kappa shape index (κ2) is 13.7. The van der Waals surface area contributed by atoms with Crippen molar-refractivity contribution < 1.29 is 23.1 Å². The molecule has 0 saturated carbocycles. The number of H-pyrrole nitrogens is 2. The summed E-state index contributed by atoms with van der Waals surface area (Å²) >= 11 is 0. The van der Waals surface area contributed by atoms with Gasteiger partial charge < -0.3 is 18.5 Å². The lowest BCUT2D eigenvalue weighted by Gasteiger charge is -2.24. The third-order valence-electron chi connectivity index (χ3n) is 7.61. The van der Waals surface area contributed by atoms with E-state index in [0.717, 1.165) is 0 Å². The fourth-order valence-corrected chi connectivity index (χ4v) is 6.78. The predicted octanol–water partition coefficient (Wildman–Crippen LogP) is 2.19. The zero-order valence-corrected chi connectivity index (χ0v) is 25.4. The number of benzene rings is 1. The molecule has 1 aromatic carbocycles. The van der Waals surface area contributed by atoms with E-state index in [1.165, 1.54) is 47.5 Å². The average Bonchev–Trinajstić information content (AvgIpc) is 3.63. The molecule has 2 aliphatic heterocycles. The van der Waals surface area contributed by atoms with Gasteiger partial charge in [-0.15, -0.1) is 0 Å². The fourth-order valence-electron chi connectivity index (χ4n) is 5.19. The molecule has 1 unspecified atom stereocenters. The summed E-state index contributed by atoms with van der Waals surface area (Å²) in [5.41, 5.74) is 16.3. The molecule has 5 rings (SSSR count). The molecule has 0 radical (unpaired) electrons. The first-order valence-corrected chi connectivity index (χ1v) is 15.6. The minimum atomic E-state index is -4.16. The molecule has 2 aromatic heterocycles. The molecule has 0 bridgehead atoms. The fraction of sp³-hybridized carbons (Fsp3) is 0.462. The van der Waals surface area contributed by atoms with E-state index < -0.39 is 66.8 Å². The van der Waals surface area contributed by atoms with E-state index in [1.807, 2.05) is 0 Å². The Morgan fingerprint density at radius 1 is 0.826 bits per heavy atom. The third kappa shape index (κ3) is 6.90. The minimum Gasteiger partial charge on any atom is -0.352 e. The molecular weight excluding hydrogens is 627 g/mol. The summed E-state index contributed by atoms with van der Waals surface area (Å²) in [6.07, 6.45) is -0.966. The molecule has 19 nitrogen and oxygen atoms in total. The van der Waals surface area contributed by atoms with Crippen LogP contribution in [0, 0.1) is 13.8 Å². The minimum absolute atomic E-state index is 0.0642. The Hall–Kier alpha value is -4.73. The van der Waals surface area contributed by atoms with Gasteiger partial charge in [0.2, 0.25) is 0 Å². The van der Waals surface area contributed by atoms with Crippen LogP contribution in [0.1, 0.15) is 36.4 Å². The molecule has 2 fully saturated rings. The van der Waals surface area contributed by atoms with E-state index in [9.17, 15) is 23.7 Å². The predicted molar refractivity (Wildman–Crippen MR) is 161 cm³/mol. The maximum atomic E-state index is 14.3. The summed E-state index contributed by atoms with van der Waals surface area (Å²) in [5, 5.41) is 7.70. The standard InChI is InChI=1S/C26H29N10O9P/c1-14-10-35(25(39)29-23(14)37)21-8-17(31-33-27)19(44-21)12-42-46(41,16-6-4-3-5-7-16)43-13-20-18(32-34-28)9-22(45-20)36-11-15(2)24(38)30-26(36)40/h3-7,10-11,17-22H,8-9,12-13H2,1-2H3,(H,29,37,39)(H,30,38,40)/t17-,18+,19+,20-,21+,22-,46?. The molecule has 2 saturated heterocycles. The van der Waals surface area contributed by atoms with E-state index in [1.54, 1.807) is 18.2 Å². The van der Waals surface area contributed by atoms with Gasteiger partial charge in [0.05, 0.1) is 42.8 Å². The number of aromatic amines is 2. The van der Waals surface area contributed by atoms with Crippen LogP contribution in [-0.2, 0) is 23.1 Å². The molecule has 2 N–H and O–H groups in total. The van der Waals surface area contributed by atoms with Crippen LogP contribution in [-0.4, -0.2) is 56.6 Å². The van der Waals surface area contributed by atoms with Crippen LogP contribution in [0.15, 0.2) is 72.1 Å². The number of hydrogen-bond donors (Lipinski definition) is 2. The summed E-state index contributed by atoms with van der Waals surface area (Å²) < 4.78 is 40.3. The Morgan fingerprint density at radius 2 is 1.26 bits per heavy atom. The molecule has 0 aliphatic carbocycles. The first-order valence-electron chi connectivity index (χ1n) is 14.0. The van der Waals surface area contributed by atoms with Crippen molar-refractivity contribution in [2.75, 3.05) is 13.2 Å². The molecule has 4 heterocycles. The number of aromatic nitrogens is 4. The molecule has 7 atom stereocenters. The second-order valence-electron chi connectivity index (χ2n) is 10.7. The quantitative estimate of drug-likeness (QED) is 0.132.